The SMILES string of the molecule is Cc1cc(/C=N\N2C(=O)[C@@H]3[C@H]4C=C[C@@H]([C@@H]5C[C@@H]45)[C@@H]3C2=O)c(C)n1-c1ccc(Br)cc1. The van der Waals surface area contributed by atoms with E-state index >= 15 is 0 Å². The van der Waals surface area contributed by atoms with Gasteiger partial charge in [-0.25, -0.2) is 0 Å². The molecule has 4 aliphatic carbocycles. The van der Waals surface area contributed by atoms with Crippen LogP contribution in [0.3, 0.4) is 0 Å². The topological polar surface area (TPSA) is 54.7 Å². The van der Waals surface area contributed by atoms with Crippen LogP contribution in [0.15, 0.2) is 52.1 Å². The second-order valence-corrected chi connectivity index (χ2v) is 9.94. The average molecular weight is 464 g/mol. The quantitative estimate of drug-likeness (QED) is 0.388. The summed E-state index contributed by atoms with van der Waals surface area (Å²) in [7, 11) is 0. The number of imide groups is 1. The largest absolute Gasteiger partial charge is 0.318 e. The monoisotopic (exact) mass is 463 g/mol. The molecule has 6 heteroatoms. The van der Waals surface area contributed by atoms with Crippen LogP contribution in [-0.2, 0) is 9.59 Å². The van der Waals surface area contributed by atoms with Crippen molar-refractivity contribution >= 4 is 34.0 Å². The number of hydrogen-bond donors (Lipinski definition) is 0. The number of halogens is 1. The van der Waals surface area contributed by atoms with Gasteiger partial charge in [0.2, 0.25) is 0 Å². The molecule has 0 N–H and O–H groups in total. The van der Waals surface area contributed by atoms with Gasteiger partial charge in [-0.05, 0) is 74.3 Å². The lowest BCUT2D eigenvalue weighted by atomic mass is 9.63. The van der Waals surface area contributed by atoms with Crippen LogP contribution >= 0.6 is 15.9 Å². The van der Waals surface area contributed by atoms with Crippen molar-refractivity contribution in [1.29, 1.82) is 0 Å². The Morgan fingerprint density at radius 2 is 1.60 bits per heavy atom. The molecule has 1 saturated heterocycles. The van der Waals surface area contributed by atoms with E-state index in [1.165, 1.54) is 6.42 Å². The highest BCUT2D eigenvalue weighted by Crippen LogP contribution is 2.65. The Kier molecular flexibility index (Phi) is 3.82. The number of benzene rings is 1. The van der Waals surface area contributed by atoms with E-state index in [1.54, 1.807) is 6.21 Å². The lowest BCUT2D eigenvalue weighted by Crippen LogP contribution is -2.40. The summed E-state index contributed by atoms with van der Waals surface area (Å²) in [4.78, 5) is 26.2. The third-order valence-corrected chi connectivity index (χ3v) is 8.04. The van der Waals surface area contributed by atoms with Gasteiger partial charge in [0, 0.05) is 27.1 Å². The third kappa shape index (κ3) is 2.43. The normalized spacial score (nSPS) is 33.5. The standard InChI is InChI=1S/C24H22BrN3O2/c1-12-9-14(13(2)27(12)16-5-3-15(25)4-6-16)11-26-28-23(29)21-17-7-8-18(20-10-19(17)20)22(21)24(28)30/h3-9,11,17-22H,10H2,1-2H3/b26-11-/t17-,18-,19-,20-,21-,22+/m0/s1. The van der Waals surface area contributed by atoms with Gasteiger partial charge in [0.25, 0.3) is 11.8 Å². The Labute approximate surface area is 183 Å². The van der Waals surface area contributed by atoms with Gasteiger partial charge in [-0.15, -0.1) is 0 Å². The highest BCUT2D eigenvalue weighted by atomic mass is 79.9. The maximum atomic E-state index is 13.1. The molecule has 2 saturated carbocycles. The molecule has 0 radical (unpaired) electrons. The summed E-state index contributed by atoms with van der Waals surface area (Å²) in [5.74, 6) is 1.01. The Hall–Kier alpha value is -2.47. The van der Waals surface area contributed by atoms with Crippen LogP contribution in [0.2, 0.25) is 0 Å². The van der Waals surface area contributed by atoms with Gasteiger partial charge in [0.1, 0.15) is 0 Å². The fourth-order valence-electron chi connectivity index (χ4n) is 6.08. The van der Waals surface area contributed by atoms with Crippen molar-refractivity contribution in [2.45, 2.75) is 20.3 Å². The molecule has 3 fully saturated rings. The number of amides is 2. The van der Waals surface area contributed by atoms with Crippen LogP contribution in [0.5, 0.6) is 0 Å². The molecule has 1 aliphatic heterocycles. The molecule has 1 aromatic heterocycles. The van der Waals surface area contributed by atoms with Gasteiger partial charge in [-0.3, -0.25) is 9.59 Å². The minimum absolute atomic E-state index is 0.118. The third-order valence-electron chi connectivity index (χ3n) is 7.51. The summed E-state index contributed by atoms with van der Waals surface area (Å²) in [5, 5.41) is 5.55. The van der Waals surface area contributed by atoms with Crippen LogP contribution in [0.25, 0.3) is 5.69 Å². The van der Waals surface area contributed by atoms with E-state index in [0.29, 0.717) is 11.8 Å². The van der Waals surface area contributed by atoms with E-state index in [2.05, 4.69) is 49.9 Å². The van der Waals surface area contributed by atoms with Crippen LogP contribution in [-0.4, -0.2) is 27.6 Å². The van der Waals surface area contributed by atoms with E-state index in [1.807, 2.05) is 32.0 Å². The molecule has 5 aliphatic rings. The maximum absolute atomic E-state index is 13.1. The Balaban J connectivity index is 1.30. The van der Waals surface area contributed by atoms with Crippen LogP contribution in [0, 0.1) is 49.4 Å². The number of hydrazone groups is 1. The molecule has 2 aromatic rings. The van der Waals surface area contributed by atoms with Crippen LogP contribution < -0.4 is 0 Å². The molecule has 2 bridgehead atoms. The number of nitrogens with zero attached hydrogens (tertiary/aromatic N) is 3. The molecule has 0 spiro atoms. The molecule has 5 nitrogen and oxygen atoms in total. The van der Waals surface area contributed by atoms with Crippen molar-refractivity contribution in [3.05, 3.63) is 63.9 Å². The fourth-order valence-corrected chi connectivity index (χ4v) is 6.35. The predicted octanol–water partition coefficient (Wildman–Crippen LogP) is 4.24. The van der Waals surface area contributed by atoms with Crippen molar-refractivity contribution in [2.75, 3.05) is 0 Å². The molecule has 2 heterocycles. The summed E-state index contributed by atoms with van der Waals surface area (Å²) in [5.41, 5.74) is 4.08. The van der Waals surface area contributed by atoms with E-state index in [-0.39, 0.29) is 35.5 Å². The Morgan fingerprint density at radius 3 is 2.20 bits per heavy atom. The minimum Gasteiger partial charge on any atom is -0.318 e. The molecular formula is C24H22BrN3O2. The smallest absolute Gasteiger partial charge is 0.254 e. The van der Waals surface area contributed by atoms with E-state index in [4.69, 9.17) is 0 Å². The van der Waals surface area contributed by atoms with Gasteiger partial charge in [0.05, 0.1) is 18.1 Å². The molecule has 6 atom stereocenters. The summed E-state index contributed by atoms with van der Waals surface area (Å²) < 4.78 is 3.18. The zero-order valence-corrected chi connectivity index (χ0v) is 18.4. The van der Waals surface area contributed by atoms with Gasteiger partial charge in [0.15, 0.2) is 0 Å². The summed E-state index contributed by atoms with van der Waals surface area (Å²) >= 11 is 3.47. The zero-order valence-electron chi connectivity index (χ0n) is 16.8. The number of aromatic nitrogens is 1. The van der Waals surface area contributed by atoms with Gasteiger partial charge in [-0.1, -0.05) is 28.1 Å². The molecule has 30 heavy (non-hydrogen) atoms. The maximum Gasteiger partial charge on any atom is 0.254 e. The lowest BCUT2D eigenvalue weighted by molar-refractivity contribution is -0.140. The van der Waals surface area contributed by atoms with Crippen LogP contribution in [0.1, 0.15) is 23.4 Å². The predicted molar refractivity (Wildman–Crippen MR) is 117 cm³/mol. The highest BCUT2D eigenvalue weighted by molar-refractivity contribution is 9.10. The minimum atomic E-state index is -0.205. The first-order chi connectivity index (χ1) is 14.5. The Morgan fingerprint density at radius 1 is 1.00 bits per heavy atom. The molecule has 2 amide bonds. The second-order valence-electron chi connectivity index (χ2n) is 9.03. The van der Waals surface area contributed by atoms with Crippen LogP contribution in [0.4, 0.5) is 0 Å². The van der Waals surface area contributed by atoms with E-state index in [9.17, 15) is 9.59 Å². The second kappa shape index (κ2) is 6.27. The number of carbonyl (C=O) groups excluding carboxylic acids is 2. The van der Waals surface area contributed by atoms with Crippen molar-refractivity contribution in [3.63, 3.8) is 0 Å². The van der Waals surface area contributed by atoms with Crippen molar-refractivity contribution < 1.29 is 9.59 Å². The van der Waals surface area contributed by atoms with Gasteiger partial charge < -0.3 is 4.57 Å². The number of aryl methyl sites for hydroxylation is 1. The molecule has 7 rings (SSSR count). The van der Waals surface area contributed by atoms with E-state index in [0.717, 1.165) is 32.1 Å². The lowest BCUT2D eigenvalue weighted by Gasteiger charge is -2.37. The number of hydrogen-bond acceptors (Lipinski definition) is 3. The number of allylic oxidation sites excluding steroid dienone is 2. The van der Waals surface area contributed by atoms with E-state index < -0.39 is 0 Å². The first-order valence-corrected chi connectivity index (χ1v) is 11.3. The Bertz CT molecular complexity index is 1110. The number of rotatable bonds is 3. The molecule has 0 unspecified atom stereocenters. The van der Waals surface area contributed by atoms with Crippen molar-refractivity contribution in [1.82, 2.24) is 9.58 Å². The highest BCUT2D eigenvalue weighted by Gasteiger charge is 2.67. The molecular weight excluding hydrogens is 442 g/mol. The average Bonchev–Trinajstić information content (AvgIpc) is 3.46. The first-order valence-electron chi connectivity index (χ1n) is 10.5. The van der Waals surface area contributed by atoms with Gasteiger partial charge in [-0.2, -0.15) is 10.1 Å². The zero-order chi connectivity index (χ0) is 20.7. The van der Waals surface area contributed by atoms with Gasteiger partial charge >= 0.3 is 0 Å². The summed E-state index contributed by atoms with van der Waals surface area (Å²) in [6.07, 6.45) is 7.20. The summed E-state index contributed by atoms with van der Waals surface area (Å²) in [6.45, 7) is 4.07. The van der Waals surface area contributed by atoms with Crippen molar-refractivity contribution in [3.8, 4) is 5.69 Å². The molecule has 1 aromatic carbocycles. The molecule has 152 valence electrons. The fraction of sp³-hybridized carbons (Fsp3) is 0.375. The summed E-state index contributed by atoms with van der Waals surface area (Å²) in [6, 6.07) is 10.2. The first kappa shape index (κ1) is 18.3. The van der Waals surface area contributed by atoms with Crippen molar-refractivity contribution in [2.24, 2.45) is 40.6 Å². The number of carbonyl (C=O) groups is 2.